The van der Waals surface area contributed by atoms with Crippen molar-refractivity contribution >= 4 is 40.4 Å². The SMILES string of the molecule is FC(F)(F)[Se]c1nc2ccccc2s1. The minimum absolute atomic E-state index is 0.186. The standard InChI is InChI=1S/C8H4F3NSSe/c9-8(10,11)14-7-12-5-3-1-2-4-6(5)13-7/h1-4H. The zero-order chi connectivity index (χ0) is 10.2. The van der Waals surface area contributed by atoms with Gasteiger partial charge in [-0.1, -0.05) is 0 Å². The number of thiazole rings is 1. The summed E-state index contributed by atoms with van der Waals surface area (Å²) in [5, 5.41) is -4.11. The number of aromatic nitrogens is 1. The van der Waals surface area contributed by atoms with Crippen molar-refractivity contribution in [3.05, 3.63) is 24.3 Å². The van der Waals surface area contributed by atoms with Gasteiger partial charge in [-0.05, 0) is 0 Å². The summed E-state index contributed by atoms with van der Waals surface area (Å²) in [6.45, 7) is 0. The quantitative estimate of drug-likeness (QED) is 0.730. The summed E-state index contributed by atoms with van der Waals surface area (Å²) in [6, 6.07) is 7.07. The first kappa shape index (κ1) is 9.96. The van der Waals surface area contributed by atoms with Crippen molar-refractivity contribution in [2.45, 2.75) is 5.07 Å². The molecule has 14 heavy (non-hydrogen) atoms. The fraction of sp³-hybridized carbons (Fsp3) is 0.125. The Morgan fingerprint density at radius 2 is 1.93 bits per heavy atom. The third kappa shape index (κ3) is 2.26. The van der Waals surface area contributed by atoms with Crippen LogP contribution in [-0.4, -0.2) is 25.0 Å². The van der Waals surface area contributed by atoms with Gasteiger partial charge in [-0.25, -0.2) is 0 Å². The van der Waals surface area contributed by atoms with Crippen LogP contribution in [0.5, 0.6) is 0 Å². The molecule has 0 amide bonds. The van der Waals surface area contributed by atoms with Gasteiger partial charge in [0.25, 0.3) is 0 Å². The van der Waals surface area contributed by atoms with Crippen molar-refractivity contribution in [3.63, 3.8) is 0 Å². The van der Waals surface area contributed by atoms with Crippen molar-refractivity contribution in [2.75, 3.05) is 0 Å². The topological polar surface area (TPSA) is 12.9 Å². The van der Waals surface area contributed by atoms with Crippen LogP contribution in [0.25, 0.3) is 10.2 Å². The third-order valence-electron chi connectivity index (χ3n) is 1.48. The van der Waals surface area contributed by atoms with Gasteiger partial charge in [-0.3, -0.25) is 0 Å². The molecule has 0 aliphatic carbocycles. The van der Waals surface area contributed by atoms with Gasteiger partial charge in [-0.2, -0.15) is 0 Å². The second-order valence-corrected chi connectivity index (χ2v) is 6.32. The third-order valence-corrected chi connectivity index (χ3v) is 4.31. The Labute approximate surface area is 88.1 Å². The van der Waals surface area contributed by atoms with Crippen molar-refractivity contribution in [2.24, 2.45) is 0 Å². The van der Waals surface area contributed by atoms with E-state index >= 15 is 0 Å². The molecule has 0 aliphatic heterocycles. The maximum absolute atomic E-state index is 12.1. The summed E-state index contributed by atoms with van der Waals surface area (Å²) in [6.07, 6.45) is 0. The van der Waals surface area contributed by atoms with E-state index in [0.29, 0.717) is 5.52 Å². The molecule has 0 N–H and O–H groups in total. The van der Waals surface area contributed by atoms with Gasteiger partial charge in [0.2, 0.25) is 0 Å². The molecule has 6 heteroatoms. The molecule has 0 saturated heterocycles. The first-order valence-electron chi connectivity index (χ1n) is 3.66. The molecule has 2 aromatic rings. The van der Waals surface area contributed by atoms with Crippen molar-refractivity contribution in [3.8, 4) is 0 Å². The molecular weight excluding hydrogens is 278 g/mol. The first-order chi connectivity index (χ1) is 6.54. The van der Waals surface area contributed by atoms with Crippen LogP contribution in [0.2, 0.25) is 0 Å². The molecule has 0 unspecified atom stereocenters. The average molecular weight is 282 g/mol. The number of halogens is 3. The summed E-state index contributed by atoms with van der Waals surface area (Å²) in [5.74, 6) is 0. The molecule has 1 heterocycles. The molecule has 0 fully saturated rings. The minimum atomic E-state index is -4.11. The zero-order valence-electron chi connectivity index (χ0n) is 6.71. The summed E-state index contributed by atoms with van der Waals surface area (Å²) >= 11 is -0.396. The number of fused-ring (bicyclic) bond motifs is 1. The number of alkyl halides is 3. The number of hydrogen-bond acceptors (Lipinski definition) is 2. The molecule has 1 nitrogen and oxygen atoms in total. The summed E-state index contributed by atoms with van der Waals surface area (Å²) in [7, 11) is 0. The van der Waals surface area contributed by atoms with E-state index in [2.05, 4.69) is 4.98 Å². The maximum atomic E-state index is 12.1. The van der Waals surface area contributed by atoms with E-state index in [1.807, 2.05) is 0 Å². The number of nitrogens with zero attached hydrogens (tertiary/aromatic N) is 1. The van der Waals surface area contributed by atoms with E-state index in [4.69, 9.17) is 0 Å². The van der Waals surface area contributed by atoms with Crippen LogP contribution in [0.15, 0.2) is 24.3 Å². The number of benzene rings is 1. The summed E-state index contributed by atoms with van der Waals surface area (Å²) < 4.78 is 37.2. The Balaban J connectivity index is 2.36. The Hall–Kier alpha value is -0.581. The Kier molecular flexibility index (Phi) is 2.51. The van der Waals surface area contributed by atoms with Crippen LogP contribution in [-0.2, 0) is 0 Å². The normalized spacial score (nSPS) is 12.2. The molecule has 74 valence electrons. The molecule has 1 aromatic heterocycles. The molecule has 1 aromatic carbocycles. The van der Waals surface area contributed by atoms with Gasteiger partial charge < -0.3 is 0 Å². The monoisotopic (exact) mass is 283 g/mol. The van der Waals surface area contributed by atoms with Crippen LogP contribution >= 0.6 is 11.3 Å². The fourth-order valence-electron chi connectivity index (χ4n) is 0.994. The molecule has 0 atom stereocenters. The fourth-order valence-corrected chi connectivity index (χ4v) is 3.77. The van der Waals surface area contributed by atoms with Crippen LogP contribution in [0.1, 0.15) is 0 Å². The zero-order valence-corrected chi connectivity index (χ0v) is 9.24. The number of rotatable bonds is 1. The Morgan fingerprint density at radius 3 is 2.57 bits per heavy atom. The molecule has 0 saturated carbocycles. The number of para-hydroxylation sites is 1. The van der Waals surface area contributed by atoms with E-state index < -0.39 is 20.0 Å². The molecule has 0 radical (unpaired) electrons. The predicted molar refractivity (Wildman–Crippen MR) is 51.1 cm³/mol. The molecule has 0 aliphatic rings. The predicted octanol–water partition coefficient (Wildman–Crippen LogP) is 2.15. The van der Waals surface area contributed by atoms with Gasteiger partial charge in [-0.15, -0.1) is 0 Å². The number of hydrogen-bond donors (Lipinski definition) is 0. The Morgan fingerprint density at radius 1 is 1.21 bits per heavy atom. The molecule has 0 spiro atoms. The van der Waals surface area contributed by atoms with E-state index in [-0.39, 0.29) is 3.91 Å². The van der Waals surface area contributed by atoms with E-state index in [9.17, 15) is 13.2 Å². The van der Waals surface area contributed by atoms with Gasteiger partial charge in [0.1, 0.15) is 0 Å². The molecule has 2 rings (SSSR count). The van der Waals surface area contributed by atoms with Crippen molar-refractivity contribution < 1.29 is 13.2 Å². The van der Waals surface area contributed by atoms with E-state index in [1.54, 1.807) is 24.3 Å². The first-order valence-corrected chi connectivity index (χ1v) is 6.19. The molecular formula is C8H4F3NSSe. The molecule has 0 bridgehead atoms. The van der Waals surface area contributed by atoms with Gasteiger partial charge in [0.05, 0.1) is 0 Å². The van der Waals surface area contributed by atoms with E-state index in [1.165, 1.54) is 0 Å². The van der Waals surface area contributed by atoms with Crippen molar-refractivity contribution in [1.29, 1.82) is 0 Å². The summed E-state index contributed by atoms with van der Waals surface area (Å²) in [5.41, 5.74) is 0.652. The second kappa shape index (κ2) is 3.53. The van der Waals surface area contributed by atoms with Crippen LogP contribution in [0.3, 0.4) is 0 Å². The van der Waals surface area contributed by atoms with E-state index in [0.717, 1.165) is 16.0 Å². The second-order valence-electron chi connectivity index (χ2n) is 2.50. The Bertz CT molecular complexity index is 418. The summed E-state index contributed by atoms with van der Waals surface area (Å²) in [4.78, 5) is 3.92. The van der Waals surface area contributed by atoms with Crippen molar-refractivity contribution in [1.82, 2.24) is 4.98 Å². The van der Waals surface area contributed by atoms with Crippen LogP contribution in [0, 0.1) is 0 Å². The average Bonchev–Trinajstić information content (AvgIpc) is 2.42. The van der Waals surface area contributed by atoms with Gasteiger partial charge in [0, 0.05) is 0 Å². The van der Waals surface area contributed by atoms with Gasteiger partial charge in [0.15, 0.2) is 0 Å². The van der Waals surface area contributed by atoms with Crippen LogP contribution < -0.4 is 3.91 Å². The van der Waals surface area contributed by atoms with Crippen LogP contribution in [0.4, 0.5) is 13.2 Å². The van der Waals surface area contributed by atoms with Gasteiger partial charge >= 0.3 is 87.9 Å².